The van der Waals surface area contributed by atoms with Crippen molar-refractivity contribution in [2.45, 2.75) is 6.04 Å². The van der Waals surface area contributed by atoms with E-state index in [-0.39, 0.29) is 43.5 Å². The van der Waals surface area contributed by atoms with Crippen molar-refractivity contribution in [1.82, 2.24) is 4.98 Å². The molecule has 0 saturated carbocycles. The molecular formula is C24H15Cl2N3O7S2. The number of carbonyl (C=O) groups is 2. The van der Waals surface area contributed by atoms with Crippen LogP contribution in [0.3, 0.4) is 0 Å². The van der Waals surface area contributed by atoms with E-state index in [1.807, 2.05) is 0 Å². The number of fused-ring (bicyclic) bond motifs is 1. The van der Waals surface area contributed by atoms with Crippen molar-refractivity contribution in [3.63, 3.8) is 0 Å². The summed E-state index contributed by atoms with van der Waals surface area (Å²) >= 11 is 15.0. The number of nitro groups is 1. The van der Waals surface area contributed by atoms with E-state index in [0.717, 1.165) is 11.3 Å². The number of thiophene rings is 1. The van der Waals surface area contributed by atoms with Crippen molar-refractivity contribution in [2.75, 3.05) is 19.1 Å². The smallest absolute Gasteiger partial charge is 0.301 e. The molecule has 1 saturated heterocycles. The van der Waals surface area contributed by atoms with Crippen molar-refractivity contribution in [3.8, 4) is 11.5 Å². The van der Waals surface area contributed by atoms with Crippen molar-refractivity contribution in [1.29, 1.82) is 0 Å². The number of nitrogens with zero attached hydrogens (tertiary/aromatic N) is 3. The van der Waals surface area contributed by atoms with E-state index >= 15 is 0 Å². The number of methoxy groups -OCH3 is 2. The minimum atomic E-state index is -1.05. The lowest BCUT2D eigenvalue weighted by atomic mass is 9.99. The normalized spacial score (nSPS) is 16.8. The number of rotatable bonds is 6. The Kier molecular flexibility index (Phi) is 6.73. The molecule has 0 bridgehead atoms. The molecule has 1 unspecified atom stereocenters. The van der Waals surface area contributed by atoms with E-state index in [4.69, 9.17) is 32.7 Å². The molecule has 2 aromatic heterocycles. The first kappa shape index (κ1) is 25.9. The van der Waals surface area contributed by atoms with Gasteiger partial charge < -0.3 is 14.6 Å². The molecular weight excluding hydrogens is 577 g/mol. The van der Waals surface area contributed by atoms with Crippen LogP contribution in [0.2, 0.25) is 10.0 Å². The second-order valence-electron chi connectivity index (χ2n) is 7.88. The average molecular weight is 592 g/mol. The van der Waals surface area contributed by atoms with Crippen LogP contribution in [0, 0.1) is 10.1 Å². The zero-order valence-corrected chi connectivity index (χ0v) is 22.6. The van der Waals surface area contributed by atoms with Gasteiger partial charge in [-0.1, -0.05) is 40.6 Å². The molecule has 1 N–H and O–H groups in total. The summed E-state index contributed by atoms with van der Waals surface area (Å²) in [6.45, 7) is 0. The summed E-state index contributed by atoms with van der Waals surface area (Å²) in [5.74, 6) is -2.34. The number of ether oxygens (including phenoxy) is 2. The van der Waals surface area contributed by atoms with E-state index in [9.17, 15) is 24.8 Å². The number of hydrogen-bond donors (Lipinski definition) is 1. The molecule has 1 fully saturated rings. The van der Waals surface area contributed by atoms with Gasteiger partial charge in [-0.15, -0.1) is 11.3 Å². The van der Waals surface area contributed by atoms with Gasteiger partial charge in [-0.3, -0.25) is 24.6 Å². The van der Waals surface area contributed by atoms with Crippen LogP contribution in [0.4, 0.5) is 10.8 Å². The topological polar surface area (TPSA) is 132 Å². The molecule has 194 valence electrons. The number of ketones is 1. The minimum absolute atomic E-state index is 0.00570. The van der Waals surface area contributed by atoms with Crippen molar-refractivity contribution >= 4 is 84.4 Å². The van der Waals surface area contributed by atoms with Crippen molar-refractivity contribution in [3.05, 3.63) is 78.0 Å². The lowest BCUT2D eigenvalue weighted by molar-refractivity contribution is -0.384. The van der Waals surface area contributed by atoms with E-state index in [1.165, 1.54) is 54.7 Å². The molecule has 1 amide bonds. The number of hydrogen-bond acceptors (Lipinski definition) is 10. The second kappa shape index (κ2) is 9.87. The number of aromatic nitrogens is 1. The van der Waals surface area contributed by atoms with Gasteiger partial charge in [0.25, 0.3) is 11.5 Å². The highest BCUT2D eigenvalue weighted by atomic mass is 35.5. The SMILES string of the molecule is COc1c(Cl)cc(/C(O)=C2\C(=O)C(=O)N(c3nc4ccc([N+](=O)[O-])cc4s3)C2c2cccs2)c(OC)c1Cl. The van der Waals surface area contributed by atoms with Crippen molar-refractivity contribution in [2.24, 2.45) is 0 Å². The van der Waals surface area contributed by atoms with Crippen LogP contribution >= 0.6 is 45.9 Å². The van der Waals surface area contributed by atoms with E-state index < -0.39 is 28.4 Å². The van der Waals surface area contributed by atoms with Gasteiger partial charge in [-0.05, 0) is 23.6 Å². The maximum absolute atomic E-state index is 13.4. The van der Waals surface area contributed by atoms with Gasteiger partial charge in [-0.25, -0.2) is 4.98 Å². The van der Waals surface area contributed by atoms with Gasteiger partial charge in [0.15, 0.2) is 16.6 Å². The number of aliphatic hydroxyl groups excluding tert-OH is 1. The summed E-state index contributed by atoms with van der Waals surface area (Å²) in [6, 6.07) is 7.86. The van der Waals surface area contributed by atoms with Crippen LogP contribution in [0.1, 0.15) is 16.5 Å². The monoisotopic (exact) mass is 591 g/mol. The maximum atomic E-state index is 13.4. The molecule has 1 atom stereocenters. The number of nitro benzene ring substituents is 1. The van der Waals surface area contributed by atoms with Gasteiger partial charge in [-0.2, -0.15) is 0 Å². The summed E-state index contributed by atoms with van der Waals surface area (Å²) in [4.78, 5) is 43.7. The van der Waals surface area contributed by atoms with Gasteiger partial charge >= 0.3 is 5.91 Å². The summed E-state index contributed by atoms with van der Waals surface area (Å²) in [5, 5.41) is 24.6. The number of halogens is 2. The van der Waals surface area contributed by atoms with E-state index in [2.05, 4.69) is 4.98 Å². The lowest BCUT2D eigenvalue weighted by Gasteiger charge is -2.22. The van der Waals surface area contributed by atoms with Gasteiger partial charge in [0, 0.05) is 17.0 Å². The molecule has 1 aliphatic heterocycles. The van der Waals surface area contributed by atoms with Gasteiger partial charge in [0.1, 0.15) is 16.8 Å². The first-order valence-electron chi connectivity index (χ1n) is 10.7. The van der Waals surface area contributed by atoms with Crippen LogP contribution < -0.4 is 14.4 Å². The first-order chi connectivity index (χ1) is 18.2. The summed E-state index contributed by atoms with van der Waals surface area (Å²) in [5.41, 5.74) is 0.0452. The molecule has 3 heterocycles. The summed E-state index contributed by atoms with van der Waals surface area (Å²) in [7, 11) is 2.68. The number of carbonyl (C=O) groups excluding carboxylic acids is 2. The number of Topliss-reactive ketones (excluding diaryl/α,β-unsaturated/α-hetero) is 1. The van der Waals surface area contributed by atoms with Gasteiger partial charge in [0.2, 0.25) is 0 Å². The number of thiazole rings is 1. The van der Waals surface area contributed by atoms with Crippen LogP contribution in [0.5, 0.6) is 11.5 Å². The Labute approximate surface area is 232 Å². The largest absolute Gasteiger partial charge is 0.507 e. The molecule has 0 spiro atoms. The maximum Gasteiger partial charge on any atom is 0.301 e. The number of benzene rings is 2. The molecule has 14 heteroatoms. The summed E-state index contributed by atoms with van der Waals surface area (Å²) in [6.07, 6.45) is 0. The Morgan fingerprint density at radius 3 is 2.53 bits per heavy atom. The Morgan fingerprint density at radius 2 is 1.89 bits per heavy atom. The third-order valence-corrected chi connectivity index (χ3v) is 8.40. The van der Waals surface area contributed by atoms with Crippen LogP contribution in [0.25, 0.3) is 16.0 Å². The predicted octanol–water partition coefficient (Wildman–Crippen LogP) is 6.22. The second-order valence-corrected chi connectivity index (χ2v) is 10.7. The fourth-order valence-corrected chi connectivity index (χ4v) is 6.69. The zero-order valence-electron chi connectivity index (χ0n) is 19.4. The van der Waals surface area contributed by atoms with Crippen LogP contribution in [-0.2, 0) is 9.59 Å². The molecule has 38 heavy (non-hydrogen) atoms. The Bertz CT molecular complexity index is 1670. The minimum Gasteiger partial charge on any atom is -0.507 e. The van der Waals surface area contributed by atoms with Crippen molar-refractivity contribution < 1.29 is 29.1 Å². The third kappa shape index (κ3) is 4.06. The van der Waals surface area contributed by atoms with Crippen LogP contribution in [0.15, 0.2) is 47.4 Å². The first-order valence-corrected chi connectivity index (χ1v) is 13.1. The number of amides is 1. The number of non-ortho nitro benzene ring substituents is 1. The Morgan fingerprint density at radius 1 is 1.16 bits per heavy atom. The highest BCUT2D eigenvalue weighted by molar-refractivity contribution is 7.22. The lowest BCUT2D eigenvalue weighted by Crippen LogP contribution is -2.28. The Hall–Kier alpha value is -3.71. The molecule has 0 radical (unpaired) electrons. The fraction of sp³-hybridized carbons (Fsp3) is 0.125. The standard InChI is InChI=1S/C24H15Cl2N3O7S2/c1-35-21-11(9-12(25)22(36-2)17(21)26)19(30)16-18(14-4-3-7-37-14)28(23(32)20(16)31)24-27-13-6-5-10(29(33)34)8-15(13)38-24/h3-9,18,30H,1-2H3/b19-16+. The molecule has 2 aromatic carbocycles. The predicted molar refractivity (Wildman–Crippen MR) is 145 cm³/mol. The molecule has 5 rings (SSSR count). The zero-order chi connectivity index (χ0) is 27.3. The highest BCUT2D eigenvalue weighted by Crippen LogP contribution is 2.49. The van der Waals surface area contributed by atoms with Crippen LogP contribution in [-0.4, -0.2) is 40.9 Å². The fourth-order valence-electron chi connectivity index (χ4n) is 4.16. The highest BCUT2D eigenvalue weighted by Gasteiger charge is 2.49. The molecule has 0 aliphatic carbocycles. The number of aliphatic hydroxyl groups is 1. The summed E-state index contributed by atoms with van der Waals surface area (Å²) < 4.78 is 11.0. The third-order valence-electron chi connectivity index (χ3n) is 5.83. The van der Waals surface area contributed by atoms with E-state index in [1.54, 1.807) is 17.5 Å². The quantitative estimate of drug-likeness (QED) is 0.0918. The molecule has 4 aromatic rings. The van der Waals surface area contributed by atoms with E-state index in [0.29, 0.717) is 15.1 Å². The average Bonchev–Trinajstić information content (AvgIpc) is 3.61. The molecule has 1 aliphatic rings. The Balaban J connectivity index is 1.73. The number of anilines is 1. The molecule has 10 nitrogen and oxygen atoms in total. The van der Waals surface area contributed by atoms with Gasteiger partial charge in [0.05, 0.1) is 45.5 Å².